The van der Waals surface area contributed by atoms with E-state index in [1.54, 1.807) is 0 Å². The number of aryl methyl sites for hydroxylation is 1. The monoisotopic (exact) mass is 231 g/mol. The van der Waals surface area contributed by atoms with Gasteiger partial charge < -0.3 is 5.32 Å². The molecule has 1 N–H and O–H groups in total. The summed E-state index contributed by atoms with van der Waals surface area (Å²) in [5.74, 6) is 0.682. The predicted molar refractivity (Wildman–Crippen MR) is 70.1 cm³/mol. The summed E-state index contributed by atoms with van der Waals surface area (Å²) in [6.07, 6.45) is 4.90. The molecule has 0 radical (unpaired) electrons. The molecule has 1 aliphatic rings. The van der Waals surface area contributed by atoms with Crippen LogP contribution < -0.4 is 5.32 Å². The molecule has 92 valence electrons. The van der Waals surface area contributed by atoms with E-state index in [4.69, 9.17) is 0 Å². The van der Waals surface area contributed by atoms with Crippen LogP contribution in [0.25, 0.3) is 0 Å². The minimum atomic E-state index is 0.0729. The molecule has 1 saturated carbocycles. The van der Waals surface area contributed by atoms with Gasteiger partial charge in [-0.3, -0.25) is 4.79 Å². The second-order valence-corrected chi connectivity index (χ2v) is 5.21. The van der Waals surface area contributed by atoms with Crippen molar-refractivity contribution in [2.75, 3.05) is 0 Å². The fraction of sp³-hybridized carbons (Fsp3) is 0.533. The molecule has 1 fully saturated rings. The molecule has 1 aromatic carbocycles. The van der Waals surface area contributed by atoms with E-state index < -0.39 is 0 Å². The highest BCUT2D eigenvalue weighted by Gasteiger charge is 2.22. The maximum absolute atomic E-state index is 12.1. The van der Waals surface area contributed by atoms with Gasteiger partial charge in [0.15, 0.2) is 0 Å². The minimum Gasteiger partial charge on any atom is -0.349 e. The highest BCUT2D eigenvalue weighted by Crippen LogP contribution is 2.23. The van der Waals surface area contributed by atoms with Gasteiger partial charge in [-0.25, -0.2) is 0 Å². The summed E-state index contributed by atoms with van der Waals surface area (Å²) in [6, 6.07) is 8.13. The second-order valence-electron chi connectivity index (χ2n) is 5.21. The number of rotatable bonds is 2. The molecule has 2 heteroatoms. The van der Waals surface area contributed by atoms with E-state index in [1.807, 2.05) is 31.2 Å². The van der Waals surface area contributed by atoms with Gasteiger partial charge in [0.2, 0.25) is 0 Å². The van der Waals surface area contributed by atoms with Gasteiger partial charge in [0.1, 0.15) is 0 Å². The lowest BCUT2D eigenvalue weighted by atomic mass is 9.86. The summed E-state index contributed by atoms with van der Waals surface area (Å²) in [5, 5.41) is 3.17. The average molecular weight is 231 g/mol. The van der Waals surface area contributed by atoms with Crippen molar-refractivity contribution in [3.05, 3.63) is 35.4 Å². The first-order valence-corrected chi connectivity index (χ1v) is 6.54. The quantitative estimate of drug-likeness (QED) is 0.831. The summed E-state index contributed by atoms with van der Waals surface area (Å²) in [4.78, 5) is 12.1. The van der Waals surface area contributed by atoms with Crippen molar-refractivity contribution >= 4 is 5.91 Å². The summed E-state index contributed by atoms with van der Waals surface area (Å²) in [5.41, 5.74) is 1.96. The molecule has 1 amide bonds. The van der Waals surface area contributed by atoms with Gasteiger partial charge in [-0.1, -0.05) is 37.5 Å². The Labute approximate surface area is 103 Å². The Morgan fingerprint density at radius 3 is 2.47 bits per heavy atom. The highest BCUT2D eigenvalue weighted by molar-refractivity contribution is 5.94. The zero-order valence-electron chi connectivity index (χ0n) is 10.7. The SMILES string of the molecule is Cc1ccc(C(=O)N[C@H]2CCCC[C@H]2C)cc1. The predicted octanol–water partition coefficient (Wildman–Crippen LogP) is 3.30. The Kier molecular flexibility index (Phi) is 3.82. The summed E-state index contributed by atoms with van der Waals surface area (Å²) in [6.45, 7) is 4.27. The maximum atomic E-state index is 12.1. The number of benzene rings is 1. The van der Waals surface area contributed by atoms with Gasteiger partial charge in [-0.05, 0) is 37.8 Å². The van der Waals surface area contributed by atoms with Crippen LogP contribution >= 0.6 is 0 Å². The van der Waals surface area contributed by atoms with E-state index in [0.717, 1.165) is 12.0 Å². The largest absolute Gasteiger partial charge is 0.349 e. The Morgan fingerprint density at radius 1 is 1.18 bits per heavy atom. The molecule has 17 heavy (non-hydrogen) atoms. The van der Waals surface area contributed by atoms with Gasteiger partial charge in [0, 0.05) is 11.6 Å². The molecule has 0 aliphatic heterocycles. The Morgan fingerprint density at radius 2 is 1.82 bits per heavy atom. The normalized spacial score (nSPS) is 24.4. The lowest BCUT2D eigenvalue weighted by Crippen LogP contribution is -2.41. The molecule has 0 heterocycles. The zero-order valence-corrected chi connectivity index (χ0v) is 10.7. The molecule has 2 nitrogen and oxygen atoms in total. The first-order chi connectivity index (χ1) is 8.16. The summed E-state index contributed by atoms with van der Waals surface area (Å²) < 4.78 is 0. The minimum absolute atomic E-state index is 0.0729. The zero-order chi connectivity index (χ0) is 12.3. The fourth-order valence-corrected chi connectivity index (χ4v) is 2.49. The third-order valence-corrected chi connectivity index (χ3v) is 3.74. The van der Waals surface area contributed by atoms with E-state index in [1.165, 1.54) is 24.8 Å². The molecule has 0 saturated heterocycles. The Balaban J connectivity index is 1.98. The van der Waals surface area contributed by atoms with E-state index in [2.05, 4.69) is 12.2 Å². The molecular weight excluding hydrogens is 210 g/mol. The van der Waals surface area contributed by atoms with Crippen molar-refractivity contribution in [2.24, 2.45) is 5.92 Å². The van der Waals surface area contributed by atoms with Crippen molar-refractivity contribution in [3.8, 4) is 0 Å². The number of amides is 1. The van der Waals surface area contributed by atoms with E-state index >= 15 is 0 Å². The van der Waals surface area contributed by atoms with Crippen LogP contribution in [0.5, 0.6) is 0 Å². The van der Waals surface area contributed by atoms with Crippen LogP contribution in [0.3, 0.4) is 0 Å². The van der Waals surface area contributed by atoms with Crippen molar-refractivity contribution in [1.82, 2.24) is 5.32 Å². The molecule has 0 bridgehead atoms. The van der Waals surface area contributed by atoms with Crippen LogP contribution in [0.4, 0.5) is 0 Å². The van der Waals surface area contributed by atoms with Gasteiger partial charge in [0.25, 0.3) is 5.91 Å². The number of carbonyl (C=O) groups is 1. The smallest absolute Gasteiger partial charge is 0.251 e. The number of hydrogen-bond donors (Lipinski definition) is 1. The maximum Gasteiger partial charge on any atom is 0.251 e. The van der Waals surface area contributed by atoms with Crippen molar-refractivity contribution in [3.63, 3.8) is 0 Å². The molecule has 1 aliphatic carbocycles. The third-order valence-electron chi connectivity index (χ3n) is 3.74. The number of nitrogens with one attached hydrogen (secondary N) is 1. The first-order valence-electron chi connectivity index (χ1n) is 6.54. The van der Waals surface area contributed by atoms with Gasteiger partial charge in [0.05, 0.1) is 0 Å². The molecular formula is C15H21NO. The molecule has 1 aromatic rings. The Hall–Kier alpha value is -1.31. The average Bonchev–Trinajstić information content (AvgIpc) is 2.33. The highest BCUT2D eigenvalue weighted by atomic mass is 16.1. The molecule has 0 aromatic heterocycles. The Bertz CT molecular complexity index is 382. The van der Waals surface area contributed by atoms with Gasteiger partial charge in [-0.2, -0.15) is 0 Å². The number of carbonyl (C=O) groups excluding carboxylic acids is 1. The molecule has 2 atom stereocenters. The fourth-order valence-electron chi connectivity index (χ4n) is 2.49. The van der Waals surface area contributed by atoms with E-state index in [9.17, 15) is 4.79 Å². The van der Waals surface area contributed by atoms with Crippen LogP contribution in [-0.2, 0) is 0 Å². The molecule has 0 spiro atoms. The topological polar surface area (TPSA) is 29.1 Å². The number of hydrogen-bond acceptors (Lipinski definition) is 1. The third kappa shape index (κ3) is 3.09. The van der Waals surface area contributed by atoms with Crippen LogP contribution in [-0.4, -0.2) is 11.9 Å². The van der Waals surface area contributed by atoms with E-state index in [-0.39, 0.29) is 5.91 Å². The first kappa shape index (κ1) is 12.2. The lowest BCUT2D eigenvalue weighted by molar-refractivity contribution is 0.0910. The van der Waals surface area contributed by atoms with Gasteiger partial charge in [-0.15, -0.1) is 0 Å². The van der Waals surface area contributed by atoms with Crippen LogP contribution in [0, 0.1) is 12.8 Å². The van der Waals surface area contributed by atoms with Crippen molar-refractivity contribution < 1.29 is 4.79 Å². The lowest BCUT2D eigenvalue weighted by Gasteiger charge is -2.29. The van der Waals surface area contributed by atoms with Gasteiger partial charge >= 0.3 is 0 Å². The van der Waals surface area contributed by atoms with Crippen molar-refractivity contribution in [2.45, 2.75) is 45.6 Å². The standard InChI is InChI=1S/C15H21NO/c1-11-7-9-13(10-8-11)15(17)16-14-6-4-3-5-12(14)2/h7-10,12,14H,3-6H2,1-2H3,(H,16,17)/t12-,14+/m1/s1. The molecule has 0 unspecified atom stereocenters. The van der Waals surface area contributed by atoms with Crippen LogP contribution in [0.1, 0.15) is 48.5 Å². The summed E-state index contributed by atoms with van der Waals surface area (Å²) >= 11 is 0. The van der Waals surface area contributed by atoms with E-state index in [0.29, 0.717) is 12.0 Å². The van der Waals surface area contributed by atoms with Crippen molar-refractivity contribution in [1.29, 1.82) is 0 Å². The summed E-state index contributed by atoms with van der Waals surface area (Å²) in [7, 11) is 0. The second kappa shape index (κ2) is 5.35. The van der Waals surface area contributed by atoms with Crippen LogP contribution in [0.2, 0.25) is 0 Å². The van der Waals surface area contributed by atoms with Crippen LogP contribution in [0.15, 0.2) is 24.3 Å². The molecule has 2 rings (SSSR count).